The maximum Gasteiger partial charge on any atom is 0.344 e. The van der Waals surface area contributed by atoms with Crippen LogP contribution in [0.5, 0.6) is 23.0 Å². The van der Waals surface area contributed by atoms with Crippen LogP contribution in [0.15, 0.2) is 52.3 Å². The Kier molecular flexibility index (Phi) is 6.72. The number of carbonyl (C=O) groups is 2. The third-order valence-electron chi connectivity index (χ3n) is 7.15. The highest BCUT2D eigenvalue weighted by Crippen LogP contribution is 2.57. The molecule has 0 saturated carbocycles. The van der Waals surface area contributed by atoms with Crippen molar-refractivity contribution in [1.29, 1.82) is 0 Å². The number of phenolic OH excluding ortho intramolecular Hbond substituents is 2. The van der Waals surface area contributed by atoms with Crippen molar-refractivity contribution in [3.63, 3.8) is 0 Å². The van der Waals surface area contributed by atoms with E-state index in [2.05, 4.69) is 6.92 Å². The molecule has 0 amide bonds. The second kappa shape index (κ2) is 9.89. The van der Waals surface area contributed by atoms with Crippen LogP contribution in [0.3, 0.4) is 0 Å². The second-order valence-electron chi connectivity index (χ2n) is 9.86. The molecule has 1 aliphatic heterocycles. The molecule has 5 rings (SSSR count). The summed E-state index contributed by atoms with van der Waals surface area (Å²) in [6.07, 6.45) is -1.76. The minimum absolute atomic E-state index is 0.000840. The average molecular weight is 549 g/mol. The van der Waals surface area contributed by atoms with Gasteiger partial charge in [0.05, 0.1) is 9.79 Å². The van der Waals surface area contributed by atoms with Crippen molar-refractivity contribution >= 4 is 34.8 Å². The Morgan fingerprint density at radius 1 is 0.923 bits per heavy atom. The molecule has 0 aromatic heterocycles. The number of carboxylic acids is 2. The minimum Gasteiger partial charge on any atom is -0.507 e. The molecular weight excluding hydrogens is 520 g/mol. The van der Waals surface area contributed by atoms with Gasteiger partial charge in [-0.05, 0) is 73.6 Å². The van der Waals surface area contributed by atoms with E-state index in [-0.39, 0.29) is 28.9 Å². The molecule has 4 N–H and O–H groups in total. The molecule has 0 unspecified atom stereocenters. The van der Waals surface area contributed by atoms with E-state index >= 15 is 0 Å². The van der Waals surface area contributed by atoms with Crippen molar-refractivity contribution in [2.75, 3.05) is 0 Å². The first-order valence-electron chi connectivity index (χ1n) is 12.5. The Bertz CT molecular complexity index is 1500. The lowest BCUT2D eigenvalue weighted by Crippen LogP contribution is -2.26. The van der Waals surface area contributed by atoms with E-state index in [1.54, 1.807) is 30.3 Å². The molecule has 1 heterocycles. The summed E-state index contributed by atoms with van der Waals surface area (Å²) in [6, 6.07) is 12.4. The molecular formula is C30H28O8S. The standard InChI is InChI=1S/C30H28O8S/c1-13-11-17-12-22(37-15(3)29(33)34)26(38-16(4)30(35)36)14(2)24(17)23(13)25-18-7-5-9-20(31)27(18)39-28-19(25)8-6-10-21(28)32/h5-10,12-13,15-16,31-32H,11H2,1-4H3,(H,33,34)(H,35,36)/t13-,15-,16-/m1/s1. The molecule has 0 fully saturated rings. The third kappa shape index (κ3) is 4.46. The van der Waals surface area contributed by atoms with Crippen LogP contribution in [0.25, 0.3) is 11.1 Å². The molecule has 1 aliphatic carbocycles. The van der Waals surface area contributed by atoms with Gasteiger partial charge in [-0.15, -0.1) is 0 Å². The van der Waals surface area contributed by atoms with Gasteiger partial charge in [-0.2, -0.15) is 0 Å². The molecule has 202 valence electrons. The van der Waals surface area contributed by atoms with Crippen LogP contribution in [0.4, 0.5) is 0 Å². The van der Waals surface area contributed by atoms with E-state index in [1.165, 1.54) is 25.6 Å². The highest BCUT2D eigenvalue weighted by Gasteiger charge is 2.36. The Morgan fingerprint density at radius 3 is 2.00 bits per heavy atom. The maximum absolute atomic E-state index is 11.7. The highest BCUT2D eigenvalue weighted by molar-refractivity contribution is 7.99. The number of allylic oxidation sites excluding steroid dienone is 1. The van der Waals surface area contributed by atoms with Gasteiger partial charge < -0.3 is 29.9 Å². The molecule has 0 radical (unpaired) electrons. The van der Waals surface area contributed by atoms with Crippen LogP contribution in [-0.4, -0.2) is 44.6 Å². The quantitative estimate of drug-likeness (QED) is 0.238. The second-order valence-corrected chi connectivity index (χ2v) is 10.9. The summed E-state index contributed by atoms with van der Waals surface area (Å²) in [7, 11) is 0. The SMILES string of the molecule is Cc1c(O[C@H](C)C(=O)O)c(O[C@H](C)C(=O)O)cc2c1C(=C1c3cccc(O)c3Sc3c(O)cccc31)[C@H](C)C2. The van der Waals surface area contributed by atoms with Gasteiger partial charge in [-0.25, -0.2) is 9.59 Å². The molecule has 0 saturated heterocycles. The lowest BCUT2D eigenvalue weighted by atomic mass is 9.85. The van der Waals surface area contributed by atoms with E-state index in [0.29, 0.717) is 21.8 Å². The number of rotatable bonds is 6. The normalized spacial score (nSPS) is 17.1. The van der Waals surface area contributed by atoms with Crippen LogP contribution in [-0.2, 0) is 16.0 Å². The molecule has 0 bridgehead atoms. The van der Waals surface area contributed by atoms with Gasteiger partial charge in [0, 0.05) is 16.7 Å². The minimum atomic E-state index is -1.21. The number of fused-ring (bicyclic) bond motifs is 3. The predicted molar refractivity (Wildman–Crippen MR) is 146 cm³/mol. The van der Waals surface area contributed by atoms with Crippen LogP contribution < -0.4 is 9.47 Å². The van der Waals surface area contributed by atoms with Crippen molar-refractivity contribution in [2.24, 2.45) is 5.92 Å². The van der Waals surface area contributed by atoms with Gasteiger partial charge >= 0.3 is 11.9 Å². The largest absolute Gasteiger partial charge is 0.507 e. The van der Waals surface area contributed by atoms with Gasteiger partial charge in [0.2, 0.25) is 0 Å². The zero-order valence-corrected chi connectivity index (χ0v) is 22.6. The van der Waals surface area contributed by atoms with E-state index < -0.39 is 24.1 Å². The number of aliphatic carboxylic acids is 2. The van der Waals surface area contributed by atoms with Gasteiger partial charge in [0.25, 0.3) is 0 Å². The van der Waals surface area contributed by atoms with Crippen molar-refractivity contribution in [3.8, 4) is 23.0 Å². The number of benzene rings is 3. The van der Waals surface area contributed by atoms with Crippen LogP contribution in [0.1, 0.15) is 48.6 Å². The Labute approximate surface area is 229 Å². The maximum atomic E-state index is 11.7. The highest BCUT2D eigenvalue weighted by atomic mass is 32.2. The van der Waals surface area contributed by atoms with Crippen LogP contribution in [0, 0.1) is 12.8 Å². The number of aromatic hydroxyl groups is 2. The molecule has 3 atom stereocenters. The van der Waals surface area contributed by atoms with Crippen molar-refractivity contribution in [1.82, 2.24) is 0 Å². The summed E-state index contributed by atoms with van der Waals surface area (Å²) in [5.41, 5.74) is 5.88. The number of hydrogen-bond acceptors (Lipinski definition) is 7. The molecule has 2 aliphatic rings. The monoisotopic (exact) mass is 548 g/mol. The van der Waals surface area contributed by atoms with E-state index in [1.807, 2.05) is 19.1 Å². The summed E-state index contributed by atoms with van der Waals surface area (Å²) in [5.74, 6) is -1.77. The Balaban J connectivity index is 1.82. The summed E-state index contributed by atoms with van der Waals surface area (Å²) in [4.78, 5) is 24.5. The topological polar surface area (TPSA) is 134 Å². The molecule has 0 spiro atoms. The first-order valence-corrected chi connectivity index (χ1v) is 13.3. The van der Waals surface area contributed by atoms with Gasteiger partial charge in [0.15, 0.2) is 23.7 Å². The van der Waals surface area contributed by atoms with Crippen molar-refractivity contribution < 1.29 is 39.5 Å². The lowest BCUT2D eigenvalue weighted by Gasteiger charge is -2.27. The summed E-state index contributed by atoms with van der Waals surface area (Å²) in [5, 5.41) is 40.5. The lowest BCUT2D eigenvalue weighted by molar-refractivity contribution is -0.145. The number of phenols is 2. The molecule has 3 aromatic carbocycles. The van der Waals surface area contributed by atoms with Crippen molar-refractivity contribution in [3.05, 3.63) is 70.3 Å². The average Bonchev–Trinajstić information content (AvgIpc) is 3.20. The fourth-order valence-electron chi connectivity index (χ4n) is 5.32. The fourth-order valence-corrected chi connectivity index (χ4v) is 6.43. The summed E-state index contributed by atoms with van der Waals surface area (Å²) in [6.45, 7) is 6.69. The molecule has 39 heavy (non-hydrogen) atoms. The van der Waals surface area contributed by atoms with E-state index in [9.17, 15) is 30.0 Å². The van der Waals surface area contributed by atoms with E-state index in [0.717, 1.165) is 33.4 Å². The molecule has 8 nitrogen and oxygen atoms in total. The third-order valence-corrected chi connectivity index (χ3v) is 8.41. The van der Waals surface area contributed by atoms with Crippen LogP contribution >= 0.6 is 11.8 Å². The number of ether oxygens (including phenoxy) is 2. The van der Waals surface area contributed by atoms with Gasteiger partial charge in [-0.3, -0.25) is 0 Å². The van der Waals surface area contributed by atoms with Gasteiger partial charge in [-0.1, -0.05) is 43.0 Å². The smallest absolute Gasteiger partial charge is 0.344 e. The fraction of sp³-hybridized carbons (Fsp3) is 0.267. The summed E-state index contributed by atoms with van der Waals surface area (Å²) < 4.78 is 11.6. The first kappa shape index (κ1) is 26.5. The first-order chi connectivity index (χ1) is 18.5. The van der Waals surface area contributed by atoms with Crippen molar-refractivity contribution in [2.45, 2.75) is 56.1 Å². The zero-order chi connectivity index (χ0) is 28.2. The molecule has 3 aromatic rings. The zero-order valence-electron chi connectivity index (χ0n) is 21.8. The molecule has 9 heteroatoms. The Morgan fingerprint density at radius 2 is 1.46 bits per heavy atom. The number of hydrogen-bond donors (Lipinski definition) is 4. The van der Waals surface area contributed by atoms with Crippen LogP contribution in [0.2, 0.25) is 0 Å². The number of carboxylic acid groups (broad SMARTS) is 2. The van der Waals surface area contributed by atoms with Gasteiger partial charge in [0.1, 0.15) is 11.5 Å². The predicted octanol–water partition coefficient (Wildman–Crippen LogP) is 5.73. The Hall–Kier alpha value is -4.11. The van der Waals surface area contributed by atoms with E-state index in [4.69, 9.17) is 9.47 Å². The summed E-state index contributed by atoms with van der Waals surface area (Å²) >= 11 is 1.31.